The lowest BCUT2D eigenvalue weighted by Gasteiger charge is -2.34. The number of rotatable bonds is 24. The molecule has 4 aliphatic heterocycles. The number of hydrogen-bond acceptors (Lipinski definition) is 22. The zero-order valence-corrected chi connectivity index (χ0v) is 65.8. The predicted molar refractivity (Wildman–Crippen MR) is 461 cm³/mol. The number of aromatic nitrogens is 9. The van der Waals surface area contributed by atoms with Gasteiger partial charge in [0.2, 0.25) is 53.2 Å². The first kappa shape index (κ1) is 77.6. The third kappa shape index (κ3) is 19.0. The van der Waals surface area contributed by atoms with Crippen molar-refractivity contribution in [2.45, 2.75) is 50.4 Å². The molecule has 6 aromatic carbocycles. The minimum Gasteiger partial charge on any atom is -0.438 e. The summed E-state index contributed by atoms with van der Waals surface area (Å²) in [6, 6.07) is 43.4. The van der Waals surface area contributed by atoms with E-state index in [1.54, 1.807) is 54.6 Å². The molecule has 6 aromatic heterocycles. The van der Waals surface area contributed by atoms with Crippen LogP contribution in [0.1, 0.15) is 61.5 Å². The summed E-state index contributed by atoms with van der Waals surface area (Å²) in [5, 5.41) is 20.7. The van der Waals surface area contributed by atoms with Crippen LogP contribution in [-0.2, 0) is 14.4 Å². The van der Waals surface area contributed by atoms with Gasteiger partial charge in [0, 0.05) is 174 Å². The molecule has 4 saturated heterocycles. The molecule has 600 valence electrons. The molecule has 3 amide bonds. The number of nitrogens with one attached hydrogen (secondary N) is 9. The van der Waals surface area contributed by atoms with Crippen molar-refractivity contribution in [2.24, 2.45) is 0 Å². The van der Waals surface area contributed by atoms with E-state index in [1.165, 1.54) is 41.2 Å². The van der Waals surface area contributed by atoms with Crippen LogP contribution >= 0.6 is 0 Å². The van der Waals surface area contributed by atoms with E-state index >= 15 is 4.39 Å². The van der Waals surface area contributed by atoms with Crippen LogP contribution in [0.15, 0.2) is 196 Å². The van der Waals surface area contributed by atoms with Gasteiger partial charge in [-0.3, -0.25) is 14.4 Å². The third-order valence-corrected chi connectivity index (χ3v) is 21.6. The van der Waals surface area contributed by atoms with Crippen LogP contribution in [0.25, 0.3) is 33.1 Å². The molecule has 0 bridgehead atoms. The van der Waals surface area contributed by atoms with Crippen LogP contribution in [0, 0.1) is 5.82 Å². The summed E-state index contributed by atoms with van der Waals surface area (Å²) >= 11 is 0. The van der Waals surface area contributed by atoms with Crippen molar-refractivity contribution in [2.75, 3.05) is 164 Å². The van der Waals surface area contributed by atoms with Crippen LogP contribution < -0.4 is 65.7 Å². The molecule has 0 atom stereocenters. The Bertz CT molecular complexity index is 5600. The number of benzene rings is 6. The summed E-state index contributed by atoms with van der Waals surface area (Å²) in [5.41, 5.74) is 12.5. The summed E-state index contributed by atoms with van der Waals surface area (Å²) in [7, 11) is 6.40. The van der Waals surface area contributed by atoms with Gasteiger partial charge in [0.15, 0.2) is 0 Å². The van der Waals surface area contributed by atoms with Gasteiger partial charge in [-0.1, -0.05) is 37.9 Å². The van der Waals surface area contributed by atoms with E-state index in [9.17, 15) is 14.4 Å². The lowest BCUT2D eigenvalue weighted by atomic mass is 10.1. The molecule has 9 N–H and O–H groups in total. The Balaban J connectivity index is 0.000000131. The minimum absolute atomic E-state index is 0.279. The van der Waals surface area contributed by atoms with E-state index < -0.39 is 0 Å². The number of aromatic amines is 3. The maximum Gasteiger partial charge on any atom is 0.247 e. The molecule has 18 rings (SSSR count). The van der Waals surface area contributed by atoms with Crippen molar-refractivity contribution in [1.82, 2.24) is 59.6 Å². The molecule has 117 heavy (non-hydrogen) atoms. The fourth-order valence-corrected chi connectivity index (χ4v) is 14.8. The smallest absolute Gasteiger partial charge is 0.247 e. The highest BCUT2D eigenvalue weighted by Gasteiger charge is 2.32. The number of fused-ring (bicyclic) bond motifs is 3. The molecule has 2 aliphatic carbocycles. The molecule has 0 radical (unpaired) electrons. The molecular weight excluding hydrogens is 1480 g/mol. The Morgan fingerprint density at radius 2 is 0.744 bits per heavy atom. The lowest BCUT2D eigenvalue weighted by molar-refractivity contribution is -0.112. The van der Waals surface area contributed by atoms with Gasteiger partial charge in [0.1, 0.15) is 45.4 Å². The molecule has 28 nitrogen and oxygen atoms in total. The number of amides is 3. The second kappa shape index (κ2) is 35.2. The van der Waals surface area contributed by atoms with Gasteiger partial charge in [0.05, 0.1) is 22.1 Å². The van der Waals surface area contributed by atoms with Gasteiger partial charge in [0.25, 0.3) is 0 Å². The number of piperazine rings is 3. The molecule has 0 spiro atoms. The van der Waals surface area contributed by atoms with E-state index in [1.807, 2.05) is 48.9 Å². The van der Waals surface area contributed by atoms with Gasteiger partial charge >= 0.3 is 0 Å². The predicted octanol–water partition coefficient (Wildman–Crippen LogP) is 15.6. The van der Waals surface area contributed by atoms with Crippen LogP contribution in [0.2, 0.25) is 0 Å². The number of likely N-dealkylation sites (N-methyl/N-ethyl adjacent to an activating group) is 3. The topological polar surface area (TPSA) is 298 Å². The van der Waals surface area contributed by atoms with Crippen molar-refractivity contribution in [3.05, 3.63) is 213 Å². The molecule has 29 heteroatoms. The summed E-state index contributed by atoms with van der Waals surface area (Å²) in [6.45, 7) is 24.2. The molecule has 10 heterocycles. The van der Waals surface area contributed by atoms with Crippen LogP contribution in [0.4, 0.5) is 79.1 Å². The van der Waals surface area contributed by atoms with Gasteiger partial charge < -0.3 is 95.4 Å². The normalized spacial score (nSPS) is 15.8. The van der Waals surface area contributed by atoms with E-state index in [0.717, 1.165) is 175 Å². The summed E-state index contributed by atoms with van der Waals surface area (Å²) in [6.07, 6.45) is 16.4. The highest BCUT2D eigenvalue weighted by atomic mass is 19.1. The number of H-pyrrole nitrogens is 3. The SMILES string of the molecule is C=CC(=O)Nc1cccc(Oc2nc(Nc3ccc(N4CCN(C)CC4)c(F)c3)nc3[nH]cc(C4CC4)c23)c1.C=CC(=O)Nc1cccc(Oc2nc(Nc3ccc(N4CCN(C)CC4)cc3)nc3[nH]cc(C4CC4)c23)c1.C=CC(=O)Nc1cccc(Oc2nc(Nc3ccc(N4CCN(C)CC4)cc3)nc3[nH]cc(N4CCCC4)c23)c1. The monoisotopic (exact) mass is 1570 g/mol. The highest BCUT2D eigenvalue weighted by molar-refractivity contribution is 6.01. The maximum atomic E-state index is 15.1. The Morgan fingerprint density at radius 1 is 0.393 bits per heavy atom. The zero-order chi connectivity index (χ0) is 80.5. The minimum atomic E-state index is -0.310. The molecule has 0 unspecified atom stereocenters. The van der Waals surface area contributed by atoms with E-state index in [4.69, 9.17) is 34.1 Å². The van der Waals surface area contributed by atoms with Crippen LogP contribution in [0.3, 0.4) is 0 Å². The third-order valence-electron chi connectivity index (χ3n) is 21.6. The summed E-state index contributed by atoms with van der Waals surface area (Å²) in [4.78, 5) is 89.8. The second-order valence-corrected chi connectivity index (χ2v) is 30.1. The Labute approximate surface area is 677 Å². The average molecular weight is 1580 g/mol. The molecule has 6 fully saturated rings. The molecule has 2 saturated carbocycles. The largest absolute Gasteiger partial charge is 0.438 e. The first-order valence-electron chi connectivity index (χ1n) is 39.8. The van der Waals surface area contributed by atoms with Crippen LogP contribution in [0.5, 0.6) is 34.9 Å². The number of anilines is 13. The summed E-state index contributed by atoms with van der Waals surface area (Å²) < 4.78 is 34.0. The Kier molecular flexibility index (Phi) is 23.3. The number of hydrogen-bond donors (Lipinski definition) is 9. The summed E-state index contributed by atoms with van der Waals surface area (Å²) in [5.74, 6) is 3.85. The number of halogens is 1. The maximum absolute atomic E-state index is 15.1. The zero-order valence-electron chi connectivity index (χ0n) is 65.8. The fraction of sp³-hybridized carbons (Fsp3) is 0.284. The standard InChI is InChI=1S/C30H34N8O2.C29H30FN7O2.C29H31N7O2/c1-3-26(39)32-22-7-6-8-24(19-22)40-29-27-25(38-13-4-5-14-38)20-31-28(27)34-30(35-29)33-21-9-11-23(12-10-21)37-17-15-36(2)16-18-37;1-3-25(38)32-19-5-4-6-21(15-19)39-28-26-22(18-7-8-18)17-31-27(26)34-29(35-28)33-20-9-10-24(23(30)16-20)37-13-11-36(2)12-14-37;1-3-25(37)31-21-5-4-6-23(17-21)38-28-26-24(19-7-8-19)18-30-27(26)33-29(34-28)32-20-9-11-22(12-10-20)36-15-13-35(2)14-16-36/h3,6-12,19-20H,1,4-5,13-18H2,2H3,(H,32,39)(H2,31,33,34,35);3-6,9-10,15-18H,1,7-8,11-14H2,2H3,(H,32,38)(H2,31,33,34,35);3-6,9-12,17-19H,1,7-8,13-16H2,2H3,(H,31,37)(H2,30,32,33,34). The van der Waals surface area contributed by atoms with Crippen molar-refractivity contribution < 1.29 is 33.0 Å². The van der Waals surface area contributed by atoms with Crippen molar-refractivity contribution in [3.63, 3.8) is 0 Å². The van der Waals surface area contributed by atoms with E-state index in [-0.39, 0.29) is 29.5 Å². The molecular formula is C88H95FN22O6. The van der Waals surface area contributed by atoms with E-state index in [2.05, 4.69) is 181 Å². The number of carbonyl (C=O) groups excluding carboxylic acids is 3. The quantitative estimate of drug-likeness (QED) is 0.0254. The van der Waals surface area contributed by atoms with Crippen molar-refractivity contribution in [3.8, 4) is 34.9 Å². The molecule has 6 aliphatic rings. The van der Waals surface area contributed by atoms with Gasteiger partial charge in [-0.2, -0.15) is 29.9 Å². The second-order valence-electron chi connectivity index (χ2n) is 30.1. The first-order valence-corrected chi connectivity index (χ1v) is 39.8. The van der Waals surface area contributed by atoms with Gasteiger partial charge in [-0.05, 0) is 204 Å². The van der Waals surface area contributed by atoms with E-state index in [0.29, 0.717) is 98.4 Å². The number of carbonyl (C=O) groups is 3. The van der Waals surface area contributed by atoms with Crippen LogP contribution in [-0.4, -0.2) is 190 Å². The first-order chi connectivity index (χ1) is 57.1. The number of nitrogens with zero attached hydrogens (tertiary/aromatic N) is 13. The average Bonchev–Trinajstić information content (AvgIpc) is 1.62. The number of ether oxygens (including phenoxy) is 3. The Hall–Kier alpha value is -13.4. The Morgan fingerprint density at radius 3 is 1.13 bits per heavy atom. The molecule has 12 aromatic rings. The van der Waals surface area contributed by atoms with Gasteiger partial charge in [-0.15, -0.1) is 0 Å². The van der Waals surface area contributed by atoms with Gasteiger partial charge in [-0.25, -0.2) is 4.39 Å². The fourth-order valence-electron chi connectivity index (χ4n) is 14.8. The lowest BCUT2D eigenvalue weighted by Crippen LogP contribution is -2.44. The van der Waals surface area contributed by atoms with Crippen molar-refractivity contribution >= 4 is 126 Å². The van der Waals surface area contributed by atoms with Crippen molar-refractivity contribution in [1.29, 1.82) is 0 Å². The highest BCUT2D eigenvalue weighted by Crippen LogP contribution is 2.48.